The van der Waals surface area contributed by atoms with Crippen LogP contribution in [0.1, 0.15) is 70.2 Å². The average Bonchev–Trinajstić information content (AvgIpc) is 3.58. The molecule has 4 aliphatic heterocycles. The highest BCUT2D eigenvalue weighted by Crippen LogP contribution is 2.34. The van der Waals surface area contributed by atoms with Gasteiger partial charge >= 0.3 is 0 Å². The van der Waals surface area contributed by atoms with Gasteiger partial charge in [-0.1, -0.05) is 12.2 Å². The summed E-state index contributed by atoms with van der Waals surface area (Å²) in [5.41, 5.74) is 6.64. The third kappa shape index (κ3) is 9.18. The Balaban J connectivity index is 1.46. The second-order valence-electron chi connectivity index (χ2n) is 15.5. The van der Waals surface area contributed by atoms with Crippen LogP contribution in [0.25, 0.3) is 6.08 Å². The molecule has 1 aromatic rings. The standard InChI is InChI=1S/C36H53N9O9S/c1-16-27-33(54-27)44-26(18(3)46)32(51)42-24-14-55-34-20(19-8-5-6-9-21(19)43-34)12-22(29(48)41-23(30(49)38-16)13-36(4,53)15-37)40-28(47)17(2)39-31(50)25-10-7-11-45(25)35(24)52/h5,8,16-18,22-27,33,43-44,46,53H,6-7,9-15,37H2,1-4H3,(H,38,49)(H,39,50)(H,40,47)(H,41,48)(H,42,51)/t16-,17-,18-,22-,23-,24+,25-,26?,27?,33?,36?/m0/s1. The van der Waals surface area contributed by atoms with Crippen LogP contribution in [0, 0.1) is 0 Å². The Hall–Kier alpha value is -4.01. The number of epoxide rings is 1. The Morgan fingerprint density at radius 1 is 1.00 bits per heavy atom. The van der Waals surface area contributed by atoms with Crippen LogP contribution in [0.2, 0.25) is 0 Å². The van der Waals surface area contributed by atoms with Crippen molar-refractivity contribution in [2.24, 2.45) is 5.73 Å². The fraction of sp³-hybridized carbons (Fsp3) is 0.667. The van der Waals surface area contributed by atoms with Crippen LogP contribution in [0.5, 0.6) is 0 Å². The van der Waals surface area contributed by atoms with Gasteiger partial charge in [0.1, 0.15) is 48.6 Å². The number of aromatic nitrogens is 1. The average molecular weight is 788 g/mol. The molecule has 0 aromatic carbocycles. The summed E-state index contributed by atoms with van der Waals surface area (Å²) < 4.78 is 5.76. The first-order chi connectivity index (χ1) is 26.1. The molecule has 55 heavy (non-hydrogen) atoms. The maximum Gasteiger partial charge on any atom is 0.246 e. The number of nitrogens with zero attached hydrogens (tertiary/aromatic N) is 1. The van der Waals surface area contributed by atoms with E-state index in [-0.39, 0.29) is 31.7 Å². The Bertz CT molecular complexity index is 1720. The molecular weight excluding hydrogens is 735 g/mol. The molecule has 302 valence electrons. The highest BCUT2D eigenvalue weighted by Gasteiger charge is 2.48. The van der Waals surface area contributed by atoms with E-state index in [1.165, 1.54) is 37.4 Å². The Morgan fingerprint density at radius 3 is 2.47 bits per heavy atom. The molecule has 11 atom stereocenters. The Morgan fingerprint density at radius 2 is 1.75 bits per heavy atom. The number of aliphatic hydroxyl groups is 2. The number of nitrogens with two attached hydrogens (primary N) is 1. The monoisotopic (exact) mass is 787 g/mol. The molecule has 4 unspecified atom stereocenters. The first kappa shape index (κ1) is 40.6. The smallest absolute Gasteiger partial charge is 0.246 e. The first-order valence-electron chi connectivity index (χ1n) is 18.9. The lowest BCUT2D eigenvalue weighted by Gasteiger charge is -2.31. The lowest BCUT2D eigenvalue weighted by molar-refractivity contribution is -0.142. The third-order valence-corrected chi connectivity index (χ3v) is 12.0. The fourth-order valence-electron chi connectivity index (χ4n) is 7.59. The largest absolute Gasteiger partial charge is 0.391 e. The summed E-state index contributed by atoms with van der Waals surface area (Å²) in [6, 6.07) is -7.66. The molecule has 2 fully saturated rings. The number of fused-ring (bicyclic) bond motifs is 6. The van der Waals surface area contributed by atoms with Crippen molar-refractivity contribution in [2.75, 3.05) is 18.8 Å². The van der Waals surface area contributed by atoms with Gasteiger partial charge in [0.2, 0.25) is 35.4 Å². The van der Waals surface area contributed by atoms with Gasteiger partial charge in [-0.2, -0.15) is 0 Å². The predicted molar refractivity (Wildman–Crippen MR) is 200 cm³/mol. The van der Waals surface area contributed by atoms with E-state index >= 15 is 0 Å². The molecule has 0 spiro atoms. The molecule has 2 bridgehead atoms. The van der Waals surface area contributed by atoms with Crippen molar-refractivity contribution in [3.8, 4) is 0 Å². The van der Waals surface area contributed by atoms with Crippen LogP contribution in [0.15, 0.2) is 11.1 Å². The molecule has 19 heteroatoms. The number of amides is 6. The number of hydrogen-bond donors (Lipinski definition) is 10. The number of aliphatic hydroxyl groups excluding tert-OH is 1. The maximum atomic E-state index is 14.4. The van der Waals surface area contributed by atoms with E-state index < -0.39 is 102 Å². The highest BCUT2D eigenvalue weighted by molar-refractivity contribution is 7.99. The van der Waals surface area contributed by atoms with E-state index in [4.69, 9.17) is 10.5 Å². The van der Waals surface area contributed by atoms with Crippen LogP contribution < -0.4 is 37.6 Å². The molecule has 18 nitrogen and oxygen atoms in total. The number of aromatic amines is 1. The summed E-state index contributed by atoms with van der Waals surface area (Å²) in [7, 11) is 0. The van der Waals surface area contributed by atoms with Crippen molar-refractivity contribution in [1.82, 2.24) is 41.8 Å². The van der Waals surface area contributed by atoms with Crippen molar-refractivity contribution < 1.29 is 43.7 Å². The molecule has 0 radical (unpaired) electrons. The van der Waals surface area contributed by atoms with E-state index in [0.29, 0.717) is 29.9 Å². The number of rotatable bonds is 4. The molecule has 6 rings (SSSR count). The van der Waals surface area contributed by atoms with Crippen molar-refractivity contribution in [2.45, 2.75) is 138 Å². The maximum absolute atomic E-state index is 14.4. The van der Waals surface area contributed by atoms with E-state index in [9.17, 15) is 39.0 Å². The summed E-state index contributed by atoms with van der Waals surface area (Å²) in [5, 5.41) is 39.2. The molecular formula is C36H53N9O9S. The van der Waals surface area contributed by atoms with Crippen molar-refractivity contribution in [3.05, 3.63) is 22.9 Å². The molecule has 2 saturated heterocycles. The van der Waals surface area contributed by atoms with Gasteiger partial charge < -0.3 is 57.2 Å². The van der Waals surface area contributed by atoms with Crippen LogP contribution >= 0.6 is 11.8 Å². The quantitative estimate of drug-likeness (QED) is 0.139. The summed E-state index contributed by atoms with van der Waals surface area (Å²) in [6.45, 7) is 6.04. The van der Waals surface area contributed by atoms with Gasteiger partial charge in [0.15, 0.2) is 0 Å². The van der Waals surface area contributed by atoms with Crippen LogP contribution in [-0.2, 0) is 46.3 Å². The highest BCUT2D eigenvalue weighted by atomic mass is 32.2. The lowest BCUT2D eigenvalue weighted by Crippen LogP contribution is -2.61. The van der Waals surface area contributed by atoms with Gasteiger partial charge in [0, 0.05) is 37.4 Å². The minimum Gasteiger partial charge on any atom is -0.391 e. The predicted octanol–water partition coefficient (Wildman–Crippen LogP) is -2.75. The minimum atomic E-state index is -1.56. The topological polar surface area (TPSA) is 273 Å². The Kier molecular flexibility index (Phi) is 12.3. The lowest BCUT2D eigenvalue weighted by atomic mass is 9.94. The van der Waals surface area contributed by atoms with Gasteiger partial charge in [0.25, 0.3) is 0 Å². The van der Waals surface area contributed by atoms with E-state index in [2.05, 4.69) is 36.9 Å². The number of nitrogens with one attached hydrogen (secondary N) is 7. The molecule has 1 aromatic heterocycles. The van der Waals surface area contributed by atoms with Crippen molar-refractivity contribution >= 4 is 53.3 Å². The number of allylic oxidation sites excluding steroid dienone is 1. The number of ether oxygens (including phenoxy) is 1. The van der Waals surface area contributed by atoms with Crippen LogP contribution in [0.3, 0.4) is 0 Å². The second kappa shape index (κ2) is 16.6. The van der Waals surface area contributed by atoms with Crippen LogP contribution in [0.4, 0.5) is 0 Å². The number of H-pyrrole nitrogens is 1. The first-order valence-corrected chi connectivity index (χ1v) is 19.9. The van der Waals surface area contributed by atoms with E-state index in [0.717, 1.165) is 17.7 Å². The number of aryl methyl sites for hydroxylation is 1. The molecule has 5 heterocycles. The minimum absolute atomic E-state index is 0.0198. The van der Waals surface area contributed by atoms with E-state index in [1.807, 2.05) is 12.2 Å². The number of carbonyl (C=O) groups excluding carboxylic acids is 6. The summed E-state index contributed by atoms with van der Waals surface area (Å²) >= 11 is 1.25. The zero-order valence-corrected chi connectivity index (χ0v) is 32.3. The van der Waals surface area contributed by atoms with Crippen LogP contribution in [-0.4, -0.2) is 141 Å². The zero-order valence-electron chi connectivity index (χ0n) is 31.5. The number of hydrogen-bond acceptors (Lipinski definition) is 12. The fourth-order valence-corrected chi connectivity index (χ4v) is 8.71. The van der Waals surface area contributed by atoms with Crippen molar-refractivity contribution in [1.29, 1.82) is 0 Å². The van der Waals surface area contributed by atoms with Gasteiger partial charge in [-0.3, -0.25) is 34.1 Å². The zero-order chi connectivity index (χ0) is 39.8. The van der Waals surface area contributed by atoms with E-state index in [1.54, 1.807) is 6.92 Å². The normalized spacial score (nSPS) is 33.9. The SMILES string of the molecule is C[C@@H]1NC(=O)[C@@H]2CCCN2C(=O)[C@H]2CSc3[nH]c4c(c3C[C@H](NC1=O)C(=O)N[C@@H](CC(C)(O)CN)C(=O)N[C@@H](C)C1OC1NC([C@H](C)O)C(=O)N2)C=CCC4. The second-order valence-corrected chi connectivity index (χ2v) is 16.5. The van der Waals surface area contributed by atoms with Gasteiger partial charge in [-0.05, 0) is 64.5 Å². The molecule has 0 saturated carbocycles. The molecule has 1 aliphatic carbocycles. The molecule has 5 aliphatic rings. The summed E-state index contributed by atoms with van der Waals surface area (Å²) in [5.74, 6) is -3.75. The summed E-state index contributed by atoms with van der Waals surface area (Å²) in [4.78, 5) is 88.8. The number of carbonyl (C=O) groups is 6. The van der Waals surface area contributed by atoms with Gasteiger partial charge in [-0.15, -0.1) is 11.8 Å². The van der Waals surface area contributed by atoms with Gasteiger partial charge in [0.05, 0.1) is 22.8 Å². The molecule has 6 amide bonds. The van der Waals surface area contributed by atoms with Crippen molar-refractivity contribution in [3.63, 3.8) is 0 Å². The molecule has 11 N–H and O–H groups in total. The van der Waals surface area contributed by atoms with Gasteiger partial charge in [-0.25, -0.2) is 0 Å². The number of thioether (sulfide) groups is 1. The Labute approximate surface area is 323 Å². The summed E-state index contributed by atoms with van der Waals surface area (Å²) in [6.07, 6.45) is 3.25. The third-order valence-electron chi connectivity index (χ3n) is 10.9.